The molecule has 3 aliphatic carbocycles. The summed E-state index contributed by atoms with van der Waals surface area (Å²) < 4.78 is 26.2. The summed E-state index contributed by atoms with van der Waals surface area (Å²) in [4.78, 5) is 20.8. The van der Waals surface area contributed by atoms with Gasteiger partial charge in [0.15, 0.2) is 9.84 Å². The number of aromatic nitrogens is 1. The topological polar surface area (TPSA) is 112 Å². The summed E-state index contributed by atoms with van der Waals surface area (Å²) in [6.07, 6.45) is 9.65. The Hall–Kier alpha value is -2.65. The second kappa shape index (κ2) is 9.27. The van der Waals surface area contributed by atoms with Gasteiger partial charge in [0.2, 0.25) is 0 Å². The lowest BCUT2D eigenvalue weighted by molar-refractivity contribution is 0.102. The lowest BCUT2D eigenvalue weighted by Crippen LogP contribution is -2.36. The average molecular weight is 525 g/mol. The van der Waals surface area contributed by atoms with Crippen molar-refractivity contribution in [3.8, 4) is 0 Å². The van der Waals surface area contributed by atoms with Crippen LogP contribution in [0.4, 0.5) is 17.3 Å². The van der Waals surface area contributed by atoms with Crippen LogP contribution < -0.4 is 15.5 Å². The van der Waals surface area contributed by atoms with Gasteiger partial charge in [0.05, 0.1) is 21.3 Å². The zero-order chi connectivity index (χ0) is 25.7. The van der Waals surface area contributed by atoms with Crippen LogP contribution in [0.1, 0.15) is 74.6 Å². The second-order valence-corrected chi connectivity index (χ2v) is 13.8. The van der Waals surface area contributed by atoms with Crippen LogP contribution in [0.3, 0.4) is 0 Å². The molecule has 3 N–H and O–H groups in total. The van der Waals surface area contributed by atoms with Crippen LogP contribution in [-0.2, 0) is 9.84 Å². The maximum atomic E-state index is 13.5. The van der Waals surface area contributed by atoms with Gasteiger partial charge in [-0.1, -0.05) is 18.9 Å². The number of carbonyl (C=O) groups excluding carboxylic acids is 1. The summed E-state index contributed by atoms with van der Waals surface area (Å²) >= 11 is 0. The number of rotatable bonds is 8. The minimum absolute atomic E-state index is 0.263. The monoisotopic (exact) mass is 524 g/mol. The number of hydrogen-bond acceptors (Lipinski definition) is 7. The predicted octanol–water partition coefficient (Wildman–Crippen LogP) is 4.37. The van der Waals surface area contributed by atoms with Crippen molar-refractivity contribution >= 4 is 33.1 Å². The number of nitrogens with one attached hydrogen (secondary N) is 2. The Morgan fingerprint density at radius 3 is 2.43 bits per heavy atom. The number of aliphatic hydroxyl groups is 1. The van der Waals surface area contributed by atoms with Crippen molar-refractivity contribution in [2.75, 3.05) is 35.2 Å². The molecular formula is C28H36N4O4S. The smallest absolute Gasteiger partial charge is 0.259 e. The number of carbonyl (C=O) groups is 1. The minimum atomic E-state index is -3.41. The molecule has 1 spiro atoms. The molecule has 8 nitrogen and oxygen atoms in total. The summed E-state index contributed by atoms with van der Waals surface area (Å²) in [5.41, 5.74) is 0.774. The molecule has 1 aromatic heterocycles. The summed E-state index contributed by atoms with van der Waals surface area (Å²) in [5, 5.41) is 16.0. The number of sulfone groups is 1. The first kappa shape index (κ1) is 24.7. The Kier molecular flexibility index (Phi) is 6.18. The number of piperidine rings is 1. The normalized spacial score (nSPS) is 22.1. The van der Waals surface area contributed by atoms with E-state index >= 15 is 0 Å². The summed E-state index contributed by atoms with van der Waals surface area (Å²) in [7, 11) is -3.41. The van der Waals surface area contributed by atoms with E-state index in [0.717, 1.165) is 51.6 Å². The van der Waals surface area contributed by atoms with Gasteiger partial charge in [0, 0.05) is 25.3 Å². The Balaban J connectivity index is 1.23. The Bertz CT molecular complexity index is 1290. The fraction of sp³-hybridized carbons (Fsp3) is 0.571. The van der Waals surface area contributed by atoms with Crippen LogP contribution in [0.25, 0.3) is 0 Å². The molecule has 6 rings (SSSR count). The highest BCUT2D eigenvalue weighted by atomic mass is 32.2. The third-order valence-electron chi connectivity index (χ3n) is 8.79. The minimum Gasteiger partial charge on any atom is -0.388 e. The molecule has 198 valence electrons. The van der Waals surface area contributed by atoms with Crippen molar-refractivity contribution < 1.29 is 18.3 Å². The average Bonchev–Trinajstić information content (AvgIpc) is 3.76. The van der Waals surface area contributed by atoms with Crippen molar-refractivity contribution in [2.24, 2.45) is 5.41 Å². The lowest BCUT2D eigenvalue weighted by Gasteiger charge is -2.34. The standard InChI is InChI=1S/C28H36N4O4S/c33-26(30-20-4-3-7-22(18-20)37(35,36)21-5-1-2-6-21)23-8-9-24(29-19-28(34)12-13-28)31-25(23)32-16-14-27(10-11-27)15-17-32/h3-4,7-9,18,21,34H,1-2,5-6,10-17,19H2,(H,29,31)(H,30,33). The van der Waals surface area contributed by atoms with Gasteiger partial charge in [0.25, 0.3) is 5.91 Å². The number of benzene rings is 1. The van der Waals surface area contributed by atoms with Crippen LogP contribution in [0.15, 0.2) is 41.3 Å². The van der Waals surface area contributed by atoms with Crippen molar-refractivity contribution in [1.82, 2.24) is 4.98 Å². The number of nitrogens with zero attached hydrogens (tertiary/aromatic N) is 2. The number of amides is 1. The van der Waals surface area contributed by atoms with Gasteiger partial charge >= 0.3 is 0 Å². The van der Waals surface area contributed by atoms with E-state index in [4.69, 9.17) is 4.98 Å². The van der Waals surface area contributed by atoms with Crippen molar-refractivity contribution in [2.45, 2.75) is 80.0 Å². The van der Waals surface area contributed by atoms with E-state index in [2.05, 4.69) is 15.5 Å². The molecule has 0 unspecified atom stereocenters. The Morgan fingerprint density at radius 2 is 1.76 bits per heavy atom. The van der Waals surface area contributed by atoms with Gasteiger partial charge < -0.3 is 20.6 Å². The maximum absolute atomic E-state index is 13.5. The second-order valence-electron chi connectivity index (χ2n) is 11.6. The quantitative estimate of drug-likeness (QED) is 0.470. The van der Waals surface area contributed by atoms with Gasteiger partial charge in [-0.25, -0.2) is 13.4 Å². The molecule has 1 aliphatic heterocycles. The van der Waals surface area contributed by atoms with Crippen LogP contribution in [0, 0.1) is 5.41 Å². The van der Waals surface area contributed by atoms with Gasteiger partial charge in [-0.05, 0) is 87.1 Å². The molecule has 9 heteroatoms. The molecule has 0 radical (unpaired) electrons. The fourth-order valence-corrected chi connectivity index (χ4v) is 7.65. The molecule has 1 amide bonds. The van der Waals surface area contributed by atoms with E-state index in [1.54, 1.807) is 36.4 Å². The summed E-state index contributed by atoms with van der Waals surface area (Å²) in [6.45, 7) is 2.15. The first-order valence-electron chi connectivity index (χ1n) is 13.6. The molecule has 0 bridgehead atoms. The van der Waals surface area contributed by atoms with Crippen LogP contribution in [0.5, 0.6) is 0 Å². The van der Waals surface area contributed by atoms with E-state index in [9.17, 15) is 18.3 Å². The van der Waals surface area contributed by atoms with E-state index in [1.807, 2.05) is 0 Å². The molecule has 37 heavy (non-hydrogen) atoms. The van der Waals surface area contributed by atoms with Gasteiger partial charge in [-0.15, -0.1) is 0 Å². The van der Waals surface area contributed by atoms with Gasteiger partial charge in [0.1, 0.15) is 11.6 Å². The van der Waals surface area contributed by atoms with Crippen molar-refractivity contribution in [3.63, 3.8) is 0 Å². The zero-order valence-electron chi connectivity index (χ0n) is 21.2. The summed E-state index contributed by atoms with van der Waals surface area (Å²) in [6, 6.07) is 10.2. The summed E-state index contributed by atoms with van der Waals surface area (Å²) in [5.74, 6) is 0.968. The molecule has 2 heterocycles. The molecule has 1 aromatic carbocycles. The third kappa shape index (κ3) is 5.21. The number of pyridine rings is 1. The van der Waals surface area contributed by atoms with E-state index in [-0.39, 0.29) is 16.1 Å². The van der Waals surface area contributed by atoms with Crippen LogP contribution in [-0.4, -0.2) is 54.9 Å². The Labute approximate surface area is 218 Å². The first-order chi connectivity index (χ1) is 17.8. The molecule has 2 aromatic rings. The first-order valence-corrected chi connectivity index (χ1v) is 15.2. The van der Waals surface area contributed by atoms with Crippen LogP contribution in [0.2, 0.25) is 0 Å². The molecule has 0 atom stereocenters. The molecular weight excluding hydrogens is 488 g/mol. The largest absolute Gasteiger partial charge is 0.388 e. The molecule has 4 aliphatic rings. The SMILES string of the molecule is O=C(Nc1cccc(S(=O)(=O)C2CCCC2)c1)c1ccc(NCC2(O)CC2)nc1N1CCC2(CC1)CC2. The maximum Gasteiger partial charge on any atom is 0.259 e. The predicted molar refractivity (Wildman–Crippen MR) is 144 cm³/mol. The van der Waals surface area contributed by atoms with E-state index in [1.165, 1.54) is 12.8 Å². The van der Waals surface area contributed by atoms with Crippen LogP contribution >= 0.6 is 0 Å². The highest BCUT2D eigenvalue weighted by Crippen LogP contribution is 2.54. The molecule has 3 saturated carbocycles. The highest BCUT2D eigenvalue weighted by molar-refractivity contribution is 7.92. The van der Waals surface area contributed by atoms with E-state index in [0.29, 0.717) is 47.7 Å². The number of hydrogen-bond donors (Lipinski definition) is 3. The Morgan fingerprint density at radius 1 is 1.03 bits per heavy atom. The van der Waals surface area contributed by atoms with Crippen molar-refractivity contribution in [3.05, 3.63) is 42.0 Å². The van der Waals surface area contributed by atoms with Gasteiger partial charge in [-0.2, -0.15) is 0 Å². The molecule has 1 saturated heterocycles. The van der Waals surface area contributed by atoms with Crippen molar-refractivity contribution in [1.29, 1.82) is 0 Å². The molecule has 4 fully saturated rings. The van der Waals surface area contributed by atoms with E-state index < -0.39 is 15.4 Å². The van der Waals surface area contributed by atoms with Gasteiger partial charge in [-0.3, -0.25) is 4.79 Å². The number of anilines is 3. The lowest BCUT2D eigenvalue weighted by atomic mass is 9.93. The zero-order valence-corrected chi connectivity index (χ0v) is 22.0. The third-order valence-corrected chi connectivity index (χ3v) is 11.0. The highest BCUT2D eigenvalue weighted by Gasteiger charge is 2.45. The fourth-order valence-electron chi connectivity index (χ4n) is 5.75.